The van der Waals surface area contributed by atoms with E-state index >= 15 is 0 Å². The van der Waals surface area contributed by atoms with Gasteiger partial charge in [0.15, 0.2) is 0 Å². The van der Waals surface area contributed by atoms with Crippen LogP contribution in [0.25, 0.3) is 0 Å². The minimum atomic E-state index is -0.260. The maximum atomic E-state index is 11.7. The summed E-state index contributed by atoms with van der Waals surface area (Å²) in [5, 5.41) is 2.62. The third kappa shape index (κ3) is 4.04. The van der Waals surface area contributed by atoms with Crippen LogP contribution in [-0.2, 0) is 17.8 Å². The summed E-state index contributed by atoms with van der Waals surface area (Å²) in [6.07, 6.45) is 2.68. The third-order valence-corrected chi connectivity index (χ3v) is 3.53. The number of thiol groups is 1. The predicted molar refractivity (Wildman–Crippen MR) is 73.1 cm³/mol. The number of nitrogens with zero attached hydrogens (tertiary/aromatic N) is 1. The van der Waals surface area contributed by atoms with E-state index in [-0.39, 0.29) is 17.1 Å². The van der Waals surface area contributed by atoms with Gasteiger partial charge >= 0.3 is 0 Å². The number of nitrogens with one attached hydrogen (secondary N) is 1. The van der Waals surface area contributed by atoms with Crippen molar-refractivity contribution >= 4 is 18.5 Å². The molecule has 1 unspecified atom stereocenters. The number of hydrogen-bond donors (Lipinski definition) is 2. The van der Waals surface area contributed by atoms with Crippen LogP contribution in [0.1, 0.15) is 32.0 Å². The van der Waals surface area contributed by atoms with Gasteiger partial charge in [-0.2, -0.15) is 12.6 Å². The van der Waals surface area contributed by atoms with Gasteiger partial charge in [0.1, 0.15) is 0 Å². The number of rotatable bonds is 5. The number of carbonyl (C=O) groups excluding carboxylic acids is 1. The van der Waals surface area contributed by atoms with Crippen LogP contribution in [0, 0.1) is 5.92 Å². The number of aryl methyl sites for hydroxylation is 1. The largest absolute Gasteiger partial charge is 0.349 e. The molecule has 0 aromatic carbocycles. The second kappa shape index (κ2) is 6.64. The standard InChI is InChI=1S/C13H20N2OS/c1-4-10-6-5-7-14-11(10)8-15-13(16)12(17)9(2)3/h5-7,9,12,17H,4,8H2,1-3H3,(H,15,16). The van der Waals surface area contributed by atoms with Crippen LogP contribution in [0.3, 0.4) is 0 Å². The van der Waals surface area contributed by atoms with Crippen molar-refractivity contribution in [2.45, 2.75) is 39.0 Å². The van der Waals surface area contributed by atoms with Crippen molar-refractivity contribution in [3.8, 4) is 0 Å². The van der Waals surface area contributed by atoms with Gasteiger partial charge in [-0.3, -0.25) is 9.78 Å². The van der Waals surface area contributed by atoms with Crippen LogP contribution in [-0.4, -0.2) is 16.1 Å². The van der Waals surface area contributed by atoms with E-state index in [1.807, 2.05) is 26.0 Å². The van der Waals surface area contributed by atoms with Gasteiger partial charge in [0.2, 0.25) is 5.91 Å². The zero-order valence-electron chi connectivity index (χ0n) is 10.6. The van der Waals surface area contributed by atoms with Crippen LogP contribution in [0.5, 0.6) is 0 Å². The lowest BCUT2D eigenvalue weighted by molar-refractivity contribution is -0.121. The van der Waals surface area contributed by atoms with Crippen molar-refractivity contribution in [2.24, 2.45) is 5.92 Å². The quantitative estimate of drug-likeness (QED) is 0.789. The first kappa shape index (κ1) is 14.0. The Morgan fingerprint density at radius 3 is 2.82 bits per heavy atom. The summed E-state index contributed by atoms with van der Waals surface area (Å²) in [7, 11) is 0. The maximum absolute atomic E-state index is 11.7. The highest BCUT2D eigenvalue weighted by molar-refractivity contribution is 7.81. The molecule has 0 aliphatic rings. The first-order chi connectivity index (χ1) is 8.06. The van der Waals surface area contributed by atoms with Gasteiger partial charge in [-0.25, -0.2) is 0 Å². The molecule has 0 aliphatic carbocycles. The van der Waals surface area contributed by atoms with Crippen LogP contribution in [0.2, 0.25) is 0 Å². The van der Waals surface area contributed by atoms with Gasteiger partial charge in [0.05, 0.1) is 17.5 Å². The van der Waals surface area contributed by atoms with E-state index in [1.165, 1.54) is 5.56 Å². The number of hydrogen-bond acceptors (Lipinski definition) is 3. The number of amides is 1. The Balaban J connectivity index is 2.58. The molecule has 1 atom stereocenters. The molecule has 1 aromatic rings. The Kier molecular flexibility index (Phi) is 5.48. The van der Waals surface area contributed by atoms with E-state index in [0.29, 0.717) is 6.54 Å². The van der Waals surface area contributed by atoms with E-state index in [4.69, 9.17) is 0 Å². The zero-order valence-corrected chi connectivity index (χ0v) is 11.5. The minimum absolute atomic E-state index is 0.0314. The lowest BCUT2D eigenvalue weighted by Gasteiger charge is -2.15. The van der Waals surface area contributed by atoms with Gasteiger partial charge in [-0.05, 0) is 24.0 Å². The van der Waals surface area contributed by atoms with Crippen molar-refractivity contribution in [1.29, 1.82) is 0 Å². The van der Waals surface area contributed by atoms with Gasteiger partial charge in [-0.15, -0.1) is 0 Å². The molecule has 1 amide bonds. The molecule has 0 bridgehead atoms. The summed E-state index contributed by atoms with van der Waals surface area (Å²) in [5.41, 5.74) is 2.11. The Bertz CT molecular complexity index is 379. The third-order valence-electron chi connectivity index (χ3n) is 2.70. The summed E-state index contributed by atoms with van der Waals surface area (Å²) in [5.74, 6) is 0.198. The highest BCUT2D eigenvalue weighted by Gasteiger charge is 2.17. The first-order valence-electron chi connectivity index (χ1n) is 5.94. The fraction of sp³-hybridized carbons (Fsp3) is 0.538. The zero-order chi connectivity index (χ0) is 12.8. The molecule has 4 heteroatoms. The average Bonchev–Trinajstić information content (AvgIpc) is 2.35. The smallest absolute Gasteiger partial charge is 0.233 e. The predicted octanol–water partition coefficient (Wildman–Crippen LogP) is 2.21. The molecule has 1 N–H and O–H groups in total. The fourth-order valence-electron chi connectivity index (χ4n) is 1.53. The summed E-state index contributed by atoms with van der Waals surface area (Å²) in [6.45, 7) is 6.52. The van der Waals surface area contributed by atoms with E-state index in [9.17, 15) is 4.79 Å². The molecular weight excluding hydrogens is 232 g/mol. The van der Waals surface area contributed by atoms with Crippen LogP contribution >= 0.6 is 12.6 Å². The lowest BCUT2D eigenvalue weighted by Crippen LogP contribution is -2.34. The summed E-state index contributed by atoms with van der Waals surface area (Å²) < 4.78 is 0. The van der Waals surface area contributed by atoms with Crippen molar-refractivity contribution in [3.05, 3.63) is 29.6 Å². The molecule has 0 spiro atoms. The van der Waals surface area contributed by atoms with Crippen molar-refractivity contribution in [2.75, 3.05) is 0 Å². The van der Waals surface area contributed by atoms with Crippen LogP contribution in [0.15, 0.2) is 18.3 Å². The number of pyridine rings is 1. The molecule has 0 radical (unpaired) electrons. The molecular formula is C13H20N2OS. The molecule has 0 aliphatic heterocycles. The van der Waals surface area contributed by atoms with E-state index in [1.54, 1.807) is 6.20 Å². The Morgan fingerprint density at radius 1 is 1.53 bits per heavy atom. The second-order valence-corrected chi connectivity index (χ2v) is 4.93. The highest BCUT2D eigenvalue weighted by atomic mass is 32.1. The maximum Gasteiger partial charge on any atom is 0.233 e. The molecule has 0 saturated carbocycles. The Labute approximate surface area is 108 Å². The van der Waals surface area contributed by atoms with Gasteiger partial charge < -0.3 is 5.32 Å². The van der Waals surface area contributed by atoms with Crippen molar-refractivity contribution < 1.29 is 4.79 Å². The molecule has 3 nitrogen and oxygen atoms in total. The Morgan fingerprint density at radius 2 is 2.24 bits per heavy atom. The van der Waals surface area contributed by atoms with E-state index in [2.05, 4.69) is 29.9 Å². The molecule has 17 heavy (non-hydrogen) atoms. The fourth-order valence-corrected chi connectivity index (χ4v) is 1.62. The molecule has 1 rings (SSSR count). The van der Waals surface area contributed by atoms with Crippen molar-refractivity contribution in [1.82, 2.24) is 10.3 Å². The number of aromatic nitrogens is 1. The normalized spacial score (nSPS) is 12.5. The molecule has 1 aromatic heterocycles. The molecule has 0 saturated heterocycles. The minimum Gasteiger partial charge on any atom is -0.349 e. The first-order valence-corrected chi connectivity index (χ1v) is 6.46. The Hall–Kier alpha value is -1.03. The van der Waals surface area contributed by atoms with Crippen LogP contribution in [0.4, 0.5) is 0 Å². The van der Waals surface area contributed by atoms with Crippen molar-refractivity contribution in [3.63, 3.8) is 0 Å². The van der Waals surface area contributed by atoms with E-state index < -0.39 is 0 Å². The summed E-state index contributed by atoms with van der Waals surface area (Å²) >= 11 is 4.28. The molecule has 0 fully saturated rings. The highest BCUT2D eigenvalue weighted by Crippen LogP contribution is 2.10. The molecule has 94 valence electrons. The summed E-state index contributed by atoms with van der Waals surface area (Å²) in [6, 6.07) is 3.95. The van der Waals surface area contributed by atoms with Gasteiger partial charge in [-0.1, -0.05) is 26.8 Å². The second-order valence-electron chi connectivity index (χ2n) is 4.37. The van der Waals surface area contributed by atoms with Gasteiger partial charge in [0, 0.05) is 6.20 Å². The monoisotopic (exact) mass is 252 g/mol. The van der Waals surface area contributed by atoms with E-state index in [0.717, 1.165) is 12.1 Å². The van der Waals surface area contributed by atoms with Crippen LogP contribution < -0.4 is 5.32 Å². The average molecular weight is 252 g/mol. The SMILES string of the molecule is CCc1cccnc1CNC(=O)C(S)C(C)C. The summed E-state index contributed by atoms with van der Waals surface area (Å²) in [4.78, 5) is 16.0. The van der Waals surface area contributed by atoms with Gasteiger partial charge in [0.25, 0.3) is 0 Å². The topological polar surface area (TPSA) is 42.0 Å². The number of carbonyl (C=O) groups is 1. The lowest BCUT2D eigenvalue weighted by atomic mass is 10.1. The molecule has 1 heterocycles.